The standard InChI is InChI=1S/C24H31N5O3/c1-16-25-11-19(26-16)14-28-9-3-2-4-20(28)15-32-21-6-5-17-12-29(13-18(17)10-21)22-7-8-23(30)27-24(22)31/h5-6,10-11,20,22H,2-4,7-9,12-15H2,1H3,(H,25,26)(H,27,30,31)/t20-,22?/m1/s1. The molecule has 4 heterocycles. The average molecular weight is 438 g/mol. The molecule has 170 valence electrons. The zero-order valence-electron chi connectivity index (χ0n) is 18.6. The summed E-state index contributed by atoms with van der Waals surface area (Å²) in [6, 6.07) is 6.43. The number of nitrogens with one attached hydrogen (secondary N) is 2. The van der Waals surface area contributed by atoms with E-state index in [9.17, 15) is 9.59 Å². The maximum Gasteiger partial charge on any atom is 0.243 e. The highest BCUT2D eigenvalue weighted by atomic mass is 16.5. The molecule has 0 bridgehead atoms. The molecule has 2 saturated heterocycles. The highest BCUT2D eigenvalue weighted by molar-refractivity contribution is 6.00. The molecule has 3 aliphatic rings. The van der Waals surface area contributed by atoms with Crippen LogP contribution >= 0.6 is 0 Å². The molecule has 0 radical (unpaired) electrons. The lowest BCUT2D eigenvalue weighted by molar-refractivity contribution is -0.137. The molecule has 0 aliphatic carbocycles. The number of aryl methyl sites for hydroxylation is 1. The van der Waals surface area contributed by atoms with E-state index < -0.39 is 0 Å². The molecular formula is C24H31N5O3. The van der Waals surface area contributed by atoms with E-state index in [4.69, 9.17) is 4.74 Å². The van der Waals surface area contributed by atoms with Crippen molar-refractivity contribution in [2.45, 2.75) is 70.7 Å². The first-order chi connectivity index (χ1) is 15.5. The number of likely N-dealkylation sites (tertiary alicyclic amines) is 1. The van der Waals surface area contributed by atoms with Gasteiger partial charge >= 0.3 is 0 Å². The van der Waals surface area contributed by atoms with Gasteiger partial charge in [0, 0.05) is 44.0 Å². The van der Waals surface area contributed by atoms with E-state index in [0.717, 1.165) is 43.3 Å². The molecule has 32 heavy (non-hydrogen) atoms. The Morgan fingerprint density at radius 1 is 1.16 bits per heavy atom. The zero-order valence-corrected chi connectivity index (χ0v) is 18.6. The minimum Gasteiger partial charge on any atom is -0.492 e. The Hall–Kier alpha value is -2.71. The number of fused-ring (bicyclic) bond motifs is 1. The van der Waals surface area contributed by atoms with E-state index >= 15 is 0 Å². The summed E-state index contributed by atoms with van der Waals surface area (Å²) in [4.78, 5) is 36.0. The first-order valence-electron chi connectivity index (χ1n) is 11.6. The fourth-order valence-electron chi connectivity index (χ4n) is 5.16. The maximum absolute atomic E-state index is 12.2. The zero-order chi connectivity index (χ0) is 22.1. The first kappa shape index (κ1) is 21.2. The average Bonchev–Trinajstić information content (AvgIpc) is 3.38. The number of aromatic nitrogens is 2. The lowest BCUT2D eigenvalue weighted by Gasteiger charge is -2.35. The quantitative estimate of drug-likeness (QED) is 0.674. The van der Waals surface area contributed by atoms with Gasteiger partial charge in [-0.05, 0) is 56.0 Å². The summed E-state index contributed by atoms with van der Waals surface area (Å²) < 4.78 is 6.25. The van der Waals surface area contributed by atoms with Crippen LogP contribution in [0.4, 0.5) is 0 Å². The number of hydrogen-bond donors (Lipinski definition) is 2. The van der Waals surface area contributed by atoms with Crippen molar-refractivity contribution in [2.24, 2.45) is 0 Å². The van der Waals surface area contributed by atoms with Crippen LogP contribution in [0.1, 0.15) is 54.7 Å². The number of imidazole rings is 1. The summed E-state index contributed by atoms with van der Waals surface area (Å²) in [5, 5.41) is 2.47. The normalized spacial score (nSPS) is 24.4. The monoisotopic (exact) mass is 437 g/mol. The SMILES string of the molecule is Cc1ncc(CN2CCCC[C@@H]2COc2ccc3c(c2)CN(C2CCC(=O)NC2=O)C3)[nH]1. The van der Waals surface area contributed by atoms with E-state index in [0.29, 0.717) is 32.0 Å². The second kappa shape index (κ2) is 9.03. The third-order valence-corrected chi connectivity index (χ3v) is 6.90. The number of H-pyrrole nitrogens is 1. The van der Waals surface area contributed by atoms with Gasteiger partial charge in [-0.25, -0.2) is 4.98 Å². The third kappa shape index (κ3) is 4.56. The Balaban J connectivity index is 1.19. The van der Waals surface area contributed by atoms with Gasteiger partial charge in [-0.2, -0.15) is 0 Å². The number of hydrogen-bond acceptors (Lipinski definition) is 6. The molecular weight excluding hydrogens is 406 g/mol. The smallest absolute Gasteiger partial charge is 0.243 e. The van der Waals surface area contributed by atoms with Crippen LogP contribution in [0.25, 0.3) is 0 Å². The van der Waals surface area contributed by atoms with Crippen molar-refractivity contribution in [1.29, 1.82) is 0 Å². The van der Waals surface area contributed by atoms with Crippen molar-refractivity contribution in [3.05, 3.63) is 47.0 Å². The Labute approximate surface area is 188 Å². The van der Waals surface area contributed by atoms with E-state index in [-0.39, 0.29) is 17.9 Å². The number of carbonyl (C=O) groups is 2. The Kier molecular flexibility index (Phi) is 5.97. The highest BCUT2D eigenvalue weighted by Gasteiger charge is 2.34. The molecule has 3 aliphatic heterocycles. The highest BCUT2D eigenvalue weighted by Crippen LogP contribution is 2.30. The summed E-state index contributed by atoms with van der Waals surface area (Å²) in [6.07, 6.45) is 6.53. The Bertz CT molecular complexity index is 1000. The summed E-state index contributed by atoms with van der Waals surface area (Å²) in [5.74, 6) is 1.50. The van der Waals surface area contributed by atoms with Gasteiger partial charge in [0.1, 0.15) is 18.2 Å². The molecule has 5 rings (SSSR count). The molecule has 1 unspecified atom stereocenters. The van der Waals surface area contributed by atoms with E-state index in [1.54, 1.807) is 0 Å². The fourth-order valence-corrected chi connectivity index (χ4v) is 5.16. The number of rotatable bonds is 6. The Morgan fingerprint density at radius 3 is 2.84 bits per heavy atom. The van der Waals surface area contributed by atoms with Gasteiger partial charge < -0.3 is 9.72 Å². The first-order valence-corrected chi connectivity index (χ1v) is 11.6. The molecule has 2 fully saturated rings. The van der Waals surface area contributed by atoms with Gasteiger partial charge in [0.25, 0.3) is 0 Å². The van der Waals surface area contributed by atoms with Gasteiger partial charge in [-0.15, -0.1) is 0 Å². The molecule has 0 saturated carbocycles. The number of benzene rings is 1. The Morgan fingerprint density at radius 2 is 2.03 bits per heavy atom. The van der Waals surface area contributed by atoms with Crippen molar-refractivity contribution in [3.63, 3.8) is 0 Å². The molecule has 1 aromatic heterocycles. The van der Waals surface area contributed by atoms with Gasteiger partial charge in [0.2, 0.25) is 11.8 Å². The largest absolute Gasteiger partial charge is 0.492 e. The molecule has 2 amide bonds. The predicted molar refractivity (Wildman–Crippen MR) is 119 cm³/mol. The maximum atomic E-state index is 12.2. The number of nitrogens with zero attached hydrogens (tertiary/aromatic N) is 3. The van der Waals surface area contributed by atoms with Crippen molar-refractivity contribution in [2.75, 3.05) is 13.2 Å². The number of piperidine rings is 2. The van der Waals surface area contributed by atoms with Crippen molar-refractivity contribution >= 4 is 11.8 Å². The molecule has 0 spiro atoms. The van der Waals surface area contributed by atoms with E-state index in [1.165, 1.54) is 24.0 Å². The van der Waals surface area contributed by atoms with Crippen LogP contribution in [-0.4, -0.2) is 56.8 Å². The molecule has 2 N–H and O–H groups in total. The summed E-state index contributed by atoms with van der Waals surface area (Å²) in [7, 11) is 0. The molecule has 8 heteroatoms. The molecule has 8 nitrogen and oxygen atoms in total. The summed E-state index contributed by atoms with van der Waals surface area (Å²) >= 11 is 0. The molecule has 2 aromatic rings. The van der Waals surface area contributed by atoms with Crippen LogP contribution in [-0.2, 0) is 29.2 Å². The lowest BCUT2D eigenvalue weighted by Crippen LogP contribution is -2.50. The minimum absolute atomic E-state index is 0.168. The van der Waals surface area contributed by atoms with Crippen LogP contribution in [0.3, 0.4) is 0 Å². The minimum atomic E-state index is -0.230. The number of imide groups is 1. The van der Waals surface area contributed by atoms with Crippen molar-refractivity contribution in [1.82, 2.24) is 25.1 Å². The van der Waals surface area contributed by atoms with Crippen LogP contribution in [0.2, 0.25) is 0 Å². The van der Waals surface area contributed by atoms with E-state index in [1.807, 2.05) is 19.2 Å². The number of ether oxygens (including phenoxy) is 1. The fraction of sp³-hybridized carbons (Fsp3) is 0.542. The molecule has 2 atom stereocenters. The second-order valence-electron chi connectivity index (χ2n) is 9.23. The second-order valence-corrected chi connectivity index (χ2v) is 9.23. The number of carbonyl (C=O) groups excluding carboxylic acids is 2. The van der Waals surface area contributed by atoms with Gasteiger partial charge in [-0.1, -0.05) is 12.5 Å². The van der Waals surface area contributed by atoms with Gasteiger partial charge in [0.05, 0.1) is 6.04 Å². The van der Waals surface area contributed by atoms with Gasteiger partial charge in [-0.3, -0.25) is 24.7 Å². The summed E-state index contributed by atoms with van der Waals surface area (Å²) in [5.41, 5.74) is 3.59. The van der Waals surface area contributed by atoms with Gasteiger partial charge in [0.15, 0.2) is 0 Å². The van der Waals surface area contributed by atoms with Crippen LogP contribution in [0.15, 0.2) is 24.4 Å². The molecule has 1 aromatic carbocycles. The third-order valence-electron chi connectivity index (χ3n) is 6.90. The number of aromatic amines is 1. The van der Waals surface area contributed by atoms with E-state index in [2.05, 4.69) is 37.2 Å². The van der Waals surface area contributed by atoms with Crippen molar-refractivity contribution < 1.29 is 14.3 Å². The van der Waals surface area contributed by atoms with Crippen LogP contribution < -0.4 is 10.1 Å². The topological polar surface area (TPSA) is 90.6 Å². The lowest BCUT2D eigenvalue weighted by atomic mass is 10.0. The van der Waals surface area contributed by atoms with Crippen molar-refractivity contribution in [3.8, 4) is 5.75 Å². The predicted octanol–water partition coefficient (Wildman–Crippen LogP) is 2.27. The van der Waals surface area contributed by atoms with Crippen LogP contribution in [0.5, 0.6) is 5.75 Å². The van der Waals surface area contributed by atoms with Crippen LogP contribution in [0, 0.1) is 6.92 Å². The number of amides is 2. The summed E-state index contributed by atoms with van der Waals surface area (Å²) in [6.45, 7) is 6.06.